The normalized spacial score (nSPS) is 12.9. The Kier molecular flexibility index (Phi) is 11.1. The fourth-order valence-electron chi connectivity index (χ4n) is 7.55. The Hall–Kier alpha value is -4.01. The monoisotopic (exact) mass is 913 g/mol. The number of fused-ring (bicyclic) bond motifs is 1. The van der Waals surface area contributed by atoms with Gasteiger partial charge in [0.25, 0.3) is 0 Å². The van der Waals surface area contributed by atoms with Gasteiger partial charge in [-0.15, -0.1) is 28.8 Å². The molecule has 0 atom stereocenters. The summed E-state index contributed by atoms with van der Waals surface area (Å²) >= 11 is 0. The summed E-state index contributed by atoms with van der Waals surface area (Å²) in [5.74, 6) is 0.908. The molecule has 0 bridgehead atoms. The van der Waals surface area contributed by atoms with Gasteiger partial charge in [0.05, 0.1) is 22.3 Å². The van der Waals surface area contributed by atoms with Gasteiger partial charge in [-0.3, -0.25) is 9.55 Å². The van der Waals surface area contributed by atoms with E-state index < -0.39 is 0 Å². The van der Waals surface area contributed by atoms with Crippen molar-refractivity contribution in [1.29, 1.82) is 0 Å². The van der Waals surface area contributed by atoms with Crippen LogP contribution in [0.15, 0.2) is 85.1 Å². The zero-order valence-electron chi connectivity index (χ0n) is 35.7. The number of hydrogen-bond acceptors (Lipinski definition) is 3. The Morgan fingerprint density at radius 3 is 1.62 bits per heavy atom. The largest absolute Gasteiger partial charge is 0.507 e. The molecule has 0 fully saturated rings. The summed E-state index contributed by atoms with van der Waals surface area (Å²) in [7, 11) is 0. The molecule has 2 aromatic heterocycles. The third-order valence-corrected chi connectivity index (χ3v) is 10.6. The smallest absolute Gasteiger partial charge is 0.148 e. The minimum absolute atomic E-state index is 0. The van der Waals surface area contributed by atoms with Gasteiger partial charge in [-0.05, 0) is 68.0 Å². The second kappa shape index (κ2) is 14.5. The average Bonchev–Trinajstić information content (AvgIpc) is 3.45. The Morgan fingerprint density at radius 2 is 1.07 bits per heavy atom. The number of pyridine rings is 1. The van der Waals surface area contributed by atoms with Crippen molar-refractivity contribution in [2.24, 2.45) is 0 Å². The molecule has 0 amide bonds. The first-order valence-corrected chi connectivity index (χ1v) is 19.4. The van der Waals surface area contributed by atoms with E-state index in [0.29, 0.717) is 11.4 Å². The minimum Gasteiger partial charge on any atom is -0.507 e. The molecule has 0 saturated carbocycles. The predicted octanol–water partition coefficient (Wildman–Crippen LogP) is 13.4. The minimum atomic E-state index is -0.200. The van der Waals surface area contributed by atoms with Crippen LogP contribution >= 0.6 is 0 Å². The molecule has 4 aromatic carbocycles. The molecule has 55 heavy (non-hydrogen) atoms. The number of phenols is 1. The first-order chi connectivity index (χ1) is 24.9. The SMILES string of the molecule is CC(C)(C)c1ccnc(-c2[c-]c(-c3cccc4c3nc(-c3ccccc3O)n4-c3c(C(C)(C)C)cccc3C(C)(C)C)c(C(C)(C)C)cc2C(C)(C)C)c1.[Pt]. The van der Waals surface area contributed by atoms with E-state index in [1.54, 1.807) is 6.07 Å². The van der Waals surface area contributed by atoms with E-state index in [-0.39, 0.29) is 53.9 Å². The van der Waals surface area contributed by atoms with Gasteiger partial charge in [0.1, 0.15) is 11.6 Å². The summed E-state index contributed by atoms with van der Waals surface area (Å²) in [6.07, 6.45) is 1.94. The van der Waals surface area contributed by atoms with Gasteiger partial charge in [0.2, 0.25) is 0 Å². The van der Waals surface area contributed by atoms with Crippen LogP contribution in [0.4, 0.5) is 0 Å². The Balaban J connectivity index is 0.00000580. The van der Waals surface area contributed by atoms with E-state index in [4.69, 9.17) is 9.97 Å². The zero-order valence-corrected chi connectivity index (χ0v) is 38.0. The van der Waals surface area contributed by atoms with Crippen molar-refractivity contribution in [1.82, 2.24) is 14.5 Å². The van der Waals surface area contributed by atoms with E-state index >= 15 is 0 Å². The molecule has 2 heterocycles. The molecule has 1 N–H and O–H groups in total. The van der Waals surface area contributed by atoms with Crippen molar-refractivity contribution in [2.75, 3.05) is 0 Å². The molecular formula is C50H60N3OPt-. The zero-order chi connectivity index (χ0) is 39.8. The van der Waals surface area contributed by atoms with Gasteiger partial charge in [0, 0.05) is 33.0 Å². The maximum Gasteiger partial charge on any atom is 0.148 e. The number of rotatable bonds is 4. The molecule has 6 aromatic rings. The number of phenolic OH excluding ortho intramolecular Hbond substituents is 1. The number of para-hydroxylation sites is 3. The summed E-state index contributed by atoms with van der Waals surface area (Å²) < 4.78 is 2.31. The van der Waals surface area contributed by atoms with Crippen LogP contribution in [0.1, 0.15) is 132 Å². The second-order valence-corrected chi connectivity index (χ2v) is 20.2. The topological polar surface area (TPSA) is 50.9 Å². The molecule has 0 aliphatic rings. The van der Waals surface area contributed by atoms with Crippen molar-refractivity contribution in [3.63, 3.8) is 0 Å². The number of benzene rings is 4. The van der Waals surface area contributed by atoms with E-state index in [1.807, 2.05) is 24.4 Å². The number of aromatic hydroxyl groups is 1. The average molecular weight is 914 g/mol. The van der Waals surface area contributed by atoms with Gasteiger partial charge < -0.3 is 5.11 Å². The summed E-state index contributed by atoms with van der Waals surface area (Å²) in [4.78, 5) is 10.5. The molecular weight excluding hydrogens is 854 g/mol. The van der Waals surface area contributed by atoms with Gasteiger partial charge in [-0.2, -0.15) is 0 Å². The number of nitrogens with zero attached hydrogens (tertiary/aromatic N) is 3. The summed E-state index contributed by atoms with van der Waals surface area (Å²) in [6, 6.07) is 31.6. The van der Waals surface area contributed by atoms with Crippen LogP contribution < -0.4 is 0 Å². The molecule has 0 aliphatic carbocycles. The van der Waals surface area contributed by atoms with E-state index in [9.17, 15) is 5.11 Å². The maximum atomic E-state index is 11.4. The fraction of sp³-hybridized carbons (Fsp3) is 0.400. The third kappa shape index (κ3) is 8.13. The standard InChI is InChI=1S/C50H60N3O.Pt/c1-46(2,3)31-26-27-51-40(28-31)35-29-34(38(49(10,11)12)30-39(35)50(13,14)15)32-21-18-24-41-43(32)52-45(33-20-16-17-25-42(33)54)53(41)44-36(47(4,5)6)22-19-23-37(44)48(7,8)9;/h16-28,30,54H,1-15H3;/q-1;. The number of imidazole rings is 1. The van der Waals surface area contributed by atoms with E-state index in [0.717, 1.165) is 39.1 Å². The Labute approximate surface area is 345 Å². The van der Waals surface area contributed by atoms with Crippen LogP contribution in [0.25, 0.3) is 50.5 Å². The van der Waals surface area contributed by atoms with Crippen molar-refractivity contribution in [3.8, 4) is 45.2 Å². The summed E-state index contributed by atoms with van der Waals surface area (Å²) in [5.41, 5.74) is 13.0. The van der Waals surface area contributed by atoms with Crippen molar-refractivity contribution in [3.05, 3.63) is 119 Å². The Bertz CT molecular complexity index is 2330. The molecule has 0 saturated heterocycles. The number of aromatic nitrogens is 3. The van der Waals surface area contributed by atoms with Crippen LogP contribution in [0.2, 0.25) is 0 Å². The van der Waals surface area contributed by atoms with E-state index in [2.05, 4.69) is 169 Å². The first-order valence-electron chi connectivity index (χ1n) is 19.4. The van der Waals surface area contributed by atoms with Crippen molar-refractivity contribution in [2.45, 2.75) is 131 Å². The maximum absolute atomic E-state index is 11.4. The molecule has 5 heteroatoms. The van der Waals surface area contributed by atoms with Crippen LogP contribution in [0.5, 0.6) is 5.75 Å². The van der Waals surface area contributed by atoms with E-state index in [1.165, 1.54) is 27.8 Å². The summed E-state index contributed by atoms with van der Waals surface area (Å²) in [6.45, 7) is 34.1. The quantitative estimate of drug-likeness (QED) is 0.179. The predicted molar refractivity (Wildman–Crippen MR) is 229 cm³/mol. The molecule has 0 radical (unpaired) electrons. The molecule has 0 spiro atoms. The van der Waals surface area contributed by atoms with Crippen LogP contribution in [-0.2, 0) is 48.1 Å². The first kappa shape index (κ1) is 42.1. The summed E-state index contributed by atoms with van der Waals surface area (Å²) in [5, 5.41) is 11.4. The molecule has 0 unspecified atom stereocenters. The van der Waals surface area contributed by atoms with Gasteiger partial charge in [-0.25, -0.2) is 4.98 Å². The molecule has 6 rings (SSSR count). The van der Waals surface area contributed by atoms with Crippen molar-refractivity contribution < 1.29 is 26.2 Å². The number of hydrogen-bond donors (Lipinski definition) is 1. The molecule has 0 aliphatic heterocycles. The van der Waals surface area contributed by atoms with Gasteiger partial charge in [-0.1, -0.05) is 164 Å². The van der Waals surface area contributed by atoms with Crippen LogP contribution in [0, 0.1) is 6.07 Å². The Morgan fingerprint density at radius 1 is 0.545 bits per heavy atom. The van der Waals surface area contributed by atoms with Gasteiger partial charge >= 0.3 is 0 Å². The second-order valence-electron chi connectivity index (χ2n) is 20.2. The van der Waals surface area contributed by atoms with Crippen LogP contribution in [0.3, 0.4) is 0 Å². The molecule has 4 nitrogen and oxygen atoms in total. The molecule has 292 valence electrons. The van der Waals surface area contributed by atoms with Crippen molar-refractivity contribution >= 4 is 11.0 Å². The fourth-order valence-corrected chi connectivity index (χ4v) is 7.55. The third-order valence-electron chi connectivity index (χ3n) is 10.6. The van der Waals surface area contributed by atoms with Gasteiger partial charge in [0.15, 0.2) is 0 Å². The van der Waals surface area contributed by atoms with Crippen LogP contribution in [-0.4, -0.2) is 19.6 Å².